The summed E-state index contributed by atoms with van der Waals surface area (Å²) in [5.74, 6) is -0.199. The Hall–Kier alpha value is -4.92. The van der Waals surface area contributed by atoms with E-state index in [1.54, 1.807) is 43.6 Å². The maximum absolute atomic E-state index is 14.0. The highest BCUT2D eigenvalue weighted by atomic mass is 16.5. The molecular formula is C34H36N4O5. The van der Waals surface area contributed by atoms with E-state index in [1.165, 1.54) is 0 Å². The maximum Gasteiger partial charge on any atom is 0.255 e. The van der Waals surface area contributed by atoms with E-state index < -0.39 is 11.8 Å². The first-order valence-electron chi connectivity index (χ1n) is 14.1. The van der Waals surface area contributed by atoms with Gasteiger partial charge < -0.3 is 25.8 Å². The van der Waals surface area contributed by atoms with Crippen molar-refractivity contribution in [1.29, 1.82) is 0 Å². The molecule has 1 aliphatic carbocycles. The summed E-state index contributed by atoms with van der Waals surface area (Å²) >= 11 is 0. The minimum Gasteiger partial charge on any atom is -0.496 e. The van der Waals surface area contributed by atoms with E-state index in [0.29, 0.717) is 52.6 Å². The number of carbonyl (C=O) groups excluding carboxylic acids is 3. The number of anilines is 1. The number of carbonyl (C=O) groups is 3. The van der Waals surface area contributed by atoms with Crippen LogP contribution in [0.25, 0.3) is 0 Å². The van der Waals surface area contributed by atoms with Gasteiger partial charge in [0.15, 0.2) is 5.78 Å². The molecule has 0 fully saturated rings. The third-order valence-corrected chi connectivity index (χ3v) is 7.90. The SMILES string of the molecule is COc1ccc(C2C(C(=O)Nc3ncccc3C)=C(C)NC3=C2C(=O)CC(C)(C)C3)cc1COc1ccccc1C(N)=O. The van der Waals surface area contributed by atoms with E-state index in [4.69, 9.17) is 15.2 Å². The molecule has 4 N–H and O–H groups in total. The van der Waals surface area contributed by atoms with Crippen molar-refractivity contribution >= 4 is 23.4 Å². The zero-order valence-corrected chi connectivity index (χ0v) is 25.0. The van der Waals surface area contributed by atoms with Gasteiger partial charge in [-0.3, -0.25) is 14.4 Å². The highest BCUT2D eigenvalue weighted by Crippen LogP contribution is 2.47. The number of aromatic nitrogens is 1. The molecule has 9 heteroatoms. The number of Topliss-reactive ketones (excluding diaryl/α,β-unsaturated/α-hetero) is 1. The van der Waals surface area contributed by atoms with Crippen LogP contribution in [0.5, 0.6) is 11.5 Å². The van der Waals surface area contributed by atoms with Crippen LogP contribution >= 0.6 is 0 Å². The van der Waals surface area contributed by atoms with E-state index in [1.807, 2.05) is 38.1 Å². The summed E-state index contributed by atoms with van der Waals surface area (Å²) in [7, 11) is 1.56. The molecule has 3 aromatic rings. The molecule has 43 heavy (non-hydrogen) atoms. The van der Waals surface area contributed by atoms with Gasteiger partial charge in [-0.15, -0.1) is 0 Å². The second kappa shape index (κ2) is 11.8. The third-order valence-electron chi connectivity index (χ3n) is 7.90. The molecule has 2 heterocycles. The highest BCUT2D eigenvalue weighted by Gasteiger charge is 2.43. The molecule has 5 rings (SSSR count). The van der Waals surface area contributed by atoms with Gasteiger partial charge >= 0.3 is 0 Å². The number of rotatable bonds is 8. The Kier molecular flexibility index (Phi) is 8.08. The zero-order chi connectivity index (χ0) is 30.9. The van der Waals surface area contributed by atoms with Crippen molar-refractivity contribution in [2.24, 2.45) is 11.1 Å². The molecule has 1 aromatic heterocycles. The number of ether oxygens (including phenoxy) is 2. The Labute approximate surface area is 251 Å². The zero-order valence-electron chi connectivity index (χ0n) is 25.0. The van der Waals surface area contributed by atoms with Crippen LogP contribution in [0.2, 0.25) is 0 Å². The van der Waals surface area contributed by atoms with E-state index in [2.05, 4.69) is 29.5 Å². The van der Waals surface area contributed by atoms with Crippen LogP contribution in [0.1, 0.15) is 66.6 Å². The lowest BCUT2D eigenvalue weighted by Gasteiger charge is -2.39. The molecule has 1 unspecified atom stereocenters. The molecule has 1 aliphatic heterocycles. The first kappa shape index (κ1) is 29.6. The fourth-order valence-corrected chi connectivity index (χ4v) is 5.90. The Bertz CT molecular complexity index is 1690. The molecule has 1 atom stereocenters. The largest absolute Gasteiger partial charge is 0.496 e. The first-order chi connectivity index (χ1) is 20.5. The van der Waals surface area contributed by atoms with Crippen molar-refractivity contribution < 1.29 is 23.9 Å². The topological polar surface area (TPSA) is 133 Å². The number of benzene rings is 2. The van der Waals surface area contributed by atoms with Crippen molar-refractivity contribution in [3.63, 3.8) is 0 Å². The second-order valence-electron chi connectivity index (χ2n) is 11.8. The number of amides is 2. The van der Waals surface area contributed by atoms with Gasteiger partial charge in [-0.25, -0.2) is 4.98 Å². The van der Waals surface area contributed by atoms with Crippen molar-refractivity contribution in [3.05, 3.63) is 106 Å². The fraction of sp³-hybridized carbons (Fsp3) is 0.294. The quantitative estimate of drug-likeness (QED) is 0.329. The number of ketones is 1. The normalized spacial score (nSPS) is 17.6. The maximum atomic E-state index is 14.0. The van der Waals surface area contributed by atoms with Gasteiger partial charge in [-0.1, -0.05) is 38.1 Å². The Balaban J connectivity index is 1.58. The molecule has 9 nitrogen and oxygen atoms in total. The number of hydrogen-bond donors (Lipinski definition) is 3. The molecule has 2 amide bonds. The molecule has 0 radical (unpaired) electrons. The summed E-state index contributed by atoms with van der Waals surface area (Å²) < 4.78 is 11.7. The number of methoxy groups -OCH3 is 1. The lowest BCUT2D eigenvalue weighted by molar-refractivity contribution is -0.118. The Morgan fingerprint density at radius 3 is 2.56 bits per heavy atom. The lowest BCUT2D eigenvalue weighted by Crippen LogP contribution is -2.39. The molecule has 2 aromatic carbocycles. The summed E-state index contributed by atoms with van der Waals surface area (Å²) in [4.78, 5) is 44.0. The smallest absolute Gasteiger partial charge is 0.255 e. The molecule has 0 bridgehead atoms. The van der Waals surface area contributed by atoms with Gasteiger partial charge in [0.2, 0.25) is 0 Å². The number of dihydropyridines is 1. The summed E-state index contributed by atoms with van der Waals surface area (Å²) in [6, 6.07) is 16.0. The van der Waals surface area contributed by atoms with Crippen molar-refractivity contribution in [2.45, 2.75) is 53.1 Å². The minimum atomic E-state index is -0.633. The Morgan fingerprint density at radius 1 is 1.07 bits per heavy atom. The number of aryl methyl sites for hydroxylation is 1. The number of nitrogens with zero attached hydrogens (tertiary/aromatic N) is 1. The second-order valence-corrected chi connectivity index (χ2v) is 11.8. The summed E-state index contributed by atoms with van der Waals surface area (Å²) in [5, 5.41) is 6.36. The number of pyridine rings is 1. The molecule has 2 aliphatic rings. The molecule has 0 saturated carbocycles. The van der Waals surface area contributed by atoms with E-state index >= 15 is 0 Å². The first-order valence-corrected chi connectivity index (χ1v) is 14.1. The number of allylic oxidation sites excluding steroid dienone is 3. The predicted molar refractivity (Wildman–Crippen MR) is 164 cm³/mol. The van der Waals surface area contributed by atoms with Crippen molar-refractivity contribution in [2.75, 3.05) is 12.4 Å². The van der Waals surface area contributed by atoms with Gasteiger partial charge in [-0.2, -0.15) is 0 Å². The Morgan fingerprint density at radius 2 is 1.84 bits per heavy atom. The molecule has 0 saturated heterocycles. The monoisotopic (exact) mass is 580 g/mol. The van der Waals surface area contributed by atoms with Gasteiger partial charge in [0.25, 0.3) is 11.8 Å². The average Bonchev–Trinajstić information content (AvgIpc) is 2.95. The summed E-state index contributed by atoms with van der Waals surface area (Å²) in [6.07, 6.45) is 2.67. The third kappa shape index (κ3) is 6.02. The van der Waals surface area contributed by atoms with Crippen molar-refractivity contribution in [1.82, 2.24) is 10.3 Å². The van der Waals surface area contributed by atoms with Crippen LogP contribution in [0.4, 0.5) is 5.82 Å². The van der Waals surface area contributed by atoms with Gasteiger partial charge in [-0.05, 0) is 67.1 Å². The lowest BCUT2D eigenvalue weighted by atomic mass is 9.68. The van der Waals surface area contributed by atoms with Crippen LogP contribution in [0.3, 0.4) is 0 Å². The van der Waals surface area contributed by atoms with E-state index in [-0.39, 0.29) is 29.3 Å². The van der Waals surface area contributed by atoms with Gasteiger partial charge in [0.05, 0.1) is 12.7 Å². The standard InChI is InChI=1S/C34H36N4O5/c1-19-9-8-14-36-32(19)38-33(41)28-20(2)37-24-16-34(3,4)17-25(39)30(24)29(28)21-12-13-26(42-5)22(15-21)18-43-27-11-7-6-10-23(27)31(35)40/h6-15,29,37H,16-18H2,1-5H3,(H2,35,40)(H,36,38,41). The van der Waals surface area contributed by atoms with Crippen LogP contribution < -0.4 is 25.8 Å². The van der Waals surface area contributed by atoms with E-state index in [0.717, 1.165) is 16.8 Å². The van der Waals surface area contributed by atoms with Gasteiger partial charge in [0.1, 0.15) is 23.9 Å². The molecule has 222 valence electrons. The number of hydrogen-bond acceptors (Lipinski definition) is 7. The summed E-state index contributed by atoms with van der Waals surface area (Å²) in [6.45, 7) is 7.94. The van der Waals surface area contributed by atoms with Crippen LogP contribution in [0.15, 0.2) is 83.3 Å². The number of nitrogens with two attached hydrogens (primary N) is 1. The molecule has 0 spiro atoms. The van der Waals surface area contributed by atoms with Gasteiger partial charge in [0, 0.05) is 46.6 Å². The van der Waals surface area contributed by atoms with Crippen LogP contribution in [0, 0.1) is 12.3 Å². The predicted octanol–water partition coefficient (Wildman–Crippen LogP) is 5.32. The minimum absolute atomic E-state index is 0.000398. The molecular weight excluding hydrogens is 544 g/mol. The van der Waals surface area contributed by atoms with E-state index in [9.17, 15) is 14.4 Å². The average molecular weight is 581 g/mol. The van der Waals surface area contributed by atoms with Crippen LogP contribution in [-0.2, 0) is 16.2 Å². The highest BCUT2D eigenvalue weighted by molar-refractivity contribution is 6.09. The van der Waals surface area contributed by atoms with Crippen LogP contribution in [-0.4, -0.2) is 29.7 Å². The van der Waals surface area contributed by atoms with Crippen molar-refractivity contribution in [3.8, 4) is 11.5 Å². The summed E-state index contributed by atoms with van der Waals surface area (Å²) in [5.41, 5.74) is 10.4. The number of para-hydroxylation sites is 1. The fourth-order valence-electron chi connectivity index (χ4n) is 5.90. The number of primary amides is 1. The number of nitrogens with one attached hydrogen (secondary N) is 2.